The van der Waals surface area contributed by atoms with Gasteiger partial charge in [-0.3, -0.25) is 4.68 Å². The molecule has 1 N–H and O–H groups in total. The maximum absolute atomic E-state index is 4.60. The lowest BCUT2D eigenvalue weighted by molar-refractivity contribution is 0.190. The lowest BCUT2D eigenvalue weighted by Gasteiger charge is -2.34. The van der Waals surface area contributed by atoms with E-state index in [2.05, 4.69) is 87.4 Å². The molecule has 0 amide bonds. The number of anilines is 1. The Hall–Kier alpha value is -3.64. The molecular weight excluding hydrogens is 408 g/mol. The normalized spacial score (nSPS) is 17.0. The third-order valence-electron chi connectivity index (χ3n) is 6.35. The van der Waals surface area contributed by atoms with Crippen LogP contribution in [-0.4, -0.2) is 57.8 Å². The summed E-state index contributed by atoms with van der Waals surface area (Å²) in [5, 5.41) is 9.93. The van der Waals surface area contributed by atoms with Crippen molar-refractivity contribution < 1.29 is 0 Å². The van der Waals surface area contributed by atoms with Crippen LogP contribution >= 0.6 is 0 Å². The first-order valence-corrected chi connectivity index (χ1v) is 11.4. The molecule has 6 nitrogen and oxygen atoms in total. The predicted octanol–water partition coefficient (Wildman–Crippen LogP) is 4.58. The number of nitrogens with zero attached hydrogens (tertiary/aromatic N) is 5. The van der Waals surface area contributed by atoms with Crippen LogP contribution in [0.5, 0.6) is 0 Å². The molecule has 2 aliphatic rings. The van der Waals surface area contributed by atoms with E-state index in [1.165, 1.54) is 5.70 Å². The first-order valence-electron chi connectivity index (χ1n) is 11.4. The molecule has 1 fully saturated rings. The van der Waals surface area contributed by atoms with Crippen LogP contribution in [0.15, 0.2) is 90.7 Å². The van der Waals surface area contributed by atoms with Gasteiger partial charge in [0.1, 0.15) is 5.82 Å². The number of allylic oxidation sites excluding steroid dienone is 4. The molecular formula is C27H30N6. The van der Waals surface area contributed by atoms with E-state index in [4.69, 9.17) is 0 Å². The molecule has 6 heteroatoms. The van der Waals surface area contributed by atoms with Crippen molar-refractivity contribution in [1.82, 2.24) is 24.6 Å². The van der Waals surface area contributed by atoms with E-state index in [9.17, 15) is 0 Å². The monoisotopic (exact) mass is 438 g/mol. The third-order valence-corrected chi connectivity index (χ3v) is 6.35. The van der Waals surface area contributed by atoms with Gasteiger partial charge in [-0.15, -0.1) is 0 Å². The molecule has 2 aromatic heterocycles. The number of rotatable bonds is 5. The Labute approximate surface area is 195 Å². The lowest BCUT2D eigenvalue weighted by atomic mass is 10.0. The maximum atomic E-state index is 4.60. The molecule has 0 radical (unpaired) electrons. The number of fused-ring (bicyclic) bond motifs is 1. The van der Waals surface area contributed by atoms with Gasteiger partial charge in [-0.05, 0) is 48.2 Å². The van der Waals surface area contributed by atoms with E-state index < -0.39 is 0 Å². The summed E-state index contributed by atoms with van der Waals surface area (Å²) >= 11 is 0. The smallest absolute Gasteiger partial charge is 0.130 e. The second-order valence-corrected chi connectivity index (χ2v) is 8.79. The largest absolute Gasteiger partial charge is 0.369 e. The number of benzene rings is 1. The van der Waals surface area contributed by atoms with Crippen molar-refractivity contribution in [3.63, 3.8) is 0 Å². The van der Waals surface area contributed by atoms with Gasteiger partial charge in [-0.2, -0.15) is 5.10 Å². The third kappa shape index (κ3) is 4.76. The highest BCUT2D eigenvalue weighted by Crippen LogP contribution is 2.26. The van der Waals surface area contributed by atoms with E-state index in [1.807, 2.05) is 30.3 Å². The maximum Gasteiger partial charge on any atom is 0.130 e. The Kier molecular flexibility index (Phi) is 5.84. The number of likely N-dealkylation sites (N-methyl/N-ethyl adjacent to an activating group) is 1. The van der Waals surface area contributed by atoms with Gasteiger partial charge < -0.3 is 15.1 Å². The molecule has 1 aliphatic carbocycles. The fourth-order valence-electron chi connectivity index (χ4n) is 4.33. The van der Waals surface area contributed by atoms with Gasteiger partial charge in [0.15, 0.2) is 0 Å². The highest BCUT2D eigenvalue weighted by atomic mass is 15.3. The SMILES string of the molecule is C=C(Nc1cc2cc(-c3cnn(C)c3)ccc2cn1)C1=CCC=C(N2CCN(C)CC2)C=C1. The highest BCUT2D eigenvalue weighted by molar-refractivity contribution is 5.88. The molecule has 1 aromatic carbocycles. The molecule has 0 bridgehead atoms. The molecule has 0 unspecified atom stereocenters. The summed E-state index contributed by atoms with van der Waals surface area (Å²) in [6, 6.07) is 8.47. The van der Waals surface area contributed by atoms with Crippen molar-refractivity contribution in [3.8, 4) is 11.1 Å². The van der Waals surface area contributed by atoms with Crippen molar-refractivity contribution in [2.45, 2.75) is 6.42 Å². The minimum Gasteiger partial charge on any atom is -0.369 e. The molecule has 0 atom stereocenters. The number of aryl methyl sites for hydroxylation is 1. The number of hydrogen-bond donors (Lipinski definition) is 1. The average molecular weight is 439 g/mol. The van der Waals surface area contributed by atoms with Crippen LogP contribution in [0.4, 0.5) is 5.82 Å². The zero-order valence-electron chi connectivity index (χ0n) is 19.3. The molecule has 3 heterocycles. The van der Waals surface area contributed by atoms with Gasteiger partial charge in [0.25, 0.3) is 0 Å². The molecule has 0 spiro atoms. The fourth-order valence-corrected chi connectivity index (χ4v) is 4.33. The Balaban J connectivity index is 1.29. The van der Waals surface area contributed by atoms with Gasteiger partial charge in [0.05, 0.1) is 6.20 Å². The summed E-state index contributed by atoms with van der Waals surface area (Å²) in [4.78, 5) is 9.45. The molecule has 3 aromatic rings. The molecule has 5 rings (SSSR count). The molecule has 0 saturated carbocycles. The number of pyridine rings is 1. The van der Waals surface area contributed by atoms with E-state index in [1.54, 1.807) is 0 Å². The number of piperazine rings is 1. The lowest BCUT2D eigenvalue weighted by Crippen LogP contribution is -2.43. The minimum absolute atomic E-state index is 0.793. The van der Waals surface area contributed by atoms with Crippen LogP contribution in [-0.2, 0) is 7.05 Å². The van der Waals surface area contributed by atoms with Gasteiger partial charge in [-0.25, -0.2) is 4.98 Å². The molecule has 1 saturated heterocycles. The van der Waals surface area contributed by atoms with Crippen LogP contribution in [0.2, 0.25) is 0 Å². The van der Waals surface area contributed by atoms with Crippen molar-refractivity contribution in [2.24, 2.45) is 7.05 Å². The first kappa shape index (κ1) is 21.2. The minimum atomic E-state index is 0.793. The van der Waals surface area contributed by atoms with E-state index in [-0.39, 0.29) is 0 Å². The van der Waals surface area contributed by atoms with Crippen LogP contribution in [0.25, 0.3) is 21.9 Å². The van der Waals surface area contributed by atoms with Crippen LogP contribution in [0.1, 0.15) is 6.42 Å². The second kappa shape index (κ2) is 9.08. The summed E-state index contributed by atoms with van der Waals surface area (Å²) < 4.78 is 1.82. The fraction of sp³-hybridized carbons (Fsp3) is 0.259. The van der Waals surface area contributed by atoms with E-state index >= 15 is 0 Å². The molecule has 168 valence electrons. The summed E-state index contributed by atoms with van der Waals surface area (Å²) in [7, 11) is 4.12. The summed E-state index contributed by atoms with van der Waals surface area (Å²) in [5.74, 6) is 0.793. The summed E-state index contributed by atoms with van der Waals surface area (Å²) in [6.07, 6.45) is 15.6. The molecule has 33 heavy (non-hydrogen) atoms. The van der Waals surface area contributed by atoms with Crippen molar-refractivity contribution >= 4 is 16.6 Å². The number of nitrogens with one attached hydrogen (secondary N) is 1. The average Bonchev–Trinajstić information content (AvgIpc) is 3.10. The van der Waals surface area contributed by atoms with Crippen LogP contribution in [0, 0.1) is 0 Å². The zero-order chi connectivity index (χ0) is 22.8. The van der Waals surface area contributed by atoms with Crippen molar-refractivity contribution in [3.05, 3.63) is 90.7 Å². The van der Waals surface area contributed by atoms with Crippen LogP contribution in [0.3, 0.4) is 0 Å². The quantitative estimate of drug-likeness (QED) is 0.632. The van der Waals surface area contributed by atoms with Gasteiger partial charge in [0, 0.05) is 68.0 Å². The Bertz CT molecular complexity index is 1270. The zero-order valence-corrected chi connectivity index (χ0v) is 19.3. The summed E-state index contributed by atoms with van der Waals surface area (Å²) in [6.45, 7) is 8.65. The Morgan fingerprint density at radius 1 is 0.939 bits per heavy atom. The van der Waals surface area contributed by atoms with Gasteiger partial charge in [-0.1, -0.05) is 36.9 Å². The van der Waals surface area contributed by atoms with Gasteiger partial charge >= 0.3 is 0 Å². The first-order chi connectivity index (χ1) is 16.0. The van der Waals surface area contributed by atoms with Crippen molar-refractivity contribution in [2.75, 3.05) is 38.5 Å². The van der Waals surface area contributed by atoms with Crippen molar-refractivity contribution in [1.29, 1.82) is 0 Å². The van der Waals surface area contributed by atoms with E-state index in [0.717, 1.165) is 71.6 Å². The number of aromatic nitrogens is 3. The second-order valence-electron chi connectivity index (χ2n) is 8.79. The number of hydrogen-bond acceptors (Lipinski definition) is 5. The Morgan fingerprint density at radius 2 is 1.79 bits per heavy atom. The highest BCUT2D eigenvalue weighted by Gasteiger charge is 2.15. The Morgan fingerprint density at radius 3 is 2.58 bits per heavy atom. The standard InChI is InChI=1S/C27H30N6/c1-20(21-5-4-6-26(10-9-21)33-13-11-31(2)12-14-33)30-27-16-24-15-22(7-8-23(24)17-28-27)25-18-29-32(3)19-25/h5-10,15-19H,1,4,11-14H2,2-3H3,(H,28,30). The van der Waals surface area contributed by atoms with E-state index in [0.29, 0.717) is 0 Å². The topological polar surface area (TPSA) is 49.2 Å². The van der Waals surface area contributed by atoms with Crippen LogP contribution < -0.4 is 5.32 Å². The molecule has 1 aliphatic heterocycles. The predicted molar refractivity (Wildman–Crippen MR) is 136 cm³/mol. The summed E-state index contributed by atoms with van der Waals surface area (Å²) in [5.41, 5.74) is 5.50. The van der Waals surface area contributed by atoms with Gasteiger partial charge in [0.2, 0.25) is 0 Å².